The van der Waals surface area contributed by atoms with Crippen molar-refractivity contribution in [3.63, 3.8) is 0 Å². The summed E-state index contributed by atoms with van der Waals surface area (Å²) in [6.07, 6.45) is 2.27. The second kappa shape index (κ2) is 6.68. The van der Waals surface area contributed by atoms with Gasteiger partial charge in [0.25, 0.3) is 5.91 Å². The van der Waals surface area contributed by atoms with Gasteiger partial charge in [0.2, 0.25) is 0 Å². The van der Waals surface area contributed by atoms with E-state index >= 15 is 0 Å². The molecule has 1 aliphatic heterocycles. The molecule has 1 saturated heterocycles. The van der Waals surface area contributed by atoms with E-state index in [2.05, 4.69) is 21.8 Å². The van der Waals surface area contributed by atoms with E-state index in [9.17, 15) is 14.4 Å². The lowest BCUT2D eigenvalue weighted by atomic mass is 9.94. The largest absolute Gasteiger partial charge is 0.365 e. The summed E-state index contributed by atoms with van der Waals surface area (Å²) in [5, 5.41) is 19.9. The molecule has 1 aromatic heterocycles. The number of carbonyl (C=O) groups excluding carboxylic acids is 1. The molecular formula is C16H17FN6O. The fourth-order valence-corrected chi connectivity index (χ4v) is 2.77. The Morgan fingerprint density at radius 1 is 1.46 bits per heavy atom. The number of piperidine rings is 1. The minimum Gasteiger partial charge on any atom is -0.365 e. The van der Waals surface area contributed by atoms with Gasteiger partial charge in [0, 0.05) is 18.4 Å². The van der Waals surface area contributed by atoms with Gasteiger partial charge in [-0.25, -0.2) is 4.39 Å². The lowest BCUT2D eigenvalue weighted by molar-refractivity contribution is 0.100. The lowest BCUT2D eigenvalue weighted by Crippen LogP contribution is -2.37. The summed E-state index contributed by atoms with van der Waals surface area (Å²) in [5.41, 5.74) is 6.24. The van der Waals surface area contributed by atoms with E-state index in [1.165, 1.54) is 12.1 Å². The molecule has 2 atom stereocenters. The van der Waals surface area contributed by atoms with Crippen LogP contribution in [0, 0.1) is 23.1 Å². The standard InChI is InChI=1S/C16H17FN6O/c17-11-1-3-12(4-2-11)21-16-13(15(19)24)9-23(22-16)14-8-20-6-5-10(14)7-18/h1-4,9-10,14,20H,5-6,8H2,(H2,19,24)(H,21,22)/t10-,14?/m1/s1. The quantitative estimate of drug-likeness (QED) is 0.789. The number of rotatable bonds is 4. The van der Waals surface area contributed by atoms with Crippen LogP contribution in [-0.2, 0) is 0 Å². The molecule has 1 aliphatic rings. The van der Waals surface area contributed by atoms with E-state index in [-0.39, 0.29) is 29.2 Å². The number of benzene rings is 1. The Bertz CT molecular complexity index is 779. The first kappa shape index (κ1) is 16.0. The van der Waals surface area contributed by atoms with E-state index < -0.39 is 5.91 Å². The van der Waals surface area contributed by atoms with Crippen molar-refractivity contribution in [3.8, 4) is 6.07 Å². The van der Waals surface area contributed by atoms with Crippen molar-refractivity contribution < 1.29 is 9.18 Å². The summed E-state index contributed by atoms with van der Waals surface area (Å²) in [5.74, 6) is -0.878. The number of hydrogen-bond acceptors (Lipinski definition) is 5. The van der Waals surface area contributed by atoms with Crippen LogP contribution in [0.5, 0.6) is 0 Å². The molecule has 0 radical (unpaired) electrons. The predicted octanol–water partition coefficient (Wildman–Crippen LogP) is 1.54. The van der Waals surface area contributed by atoms with Crippen LogP contribution in [0.2, 0.25) is 0 Å². The first-order valence-electron chi connectivity index (χ1n) is 7.60. The number of hydrogen-bond donors (Lipinski definition) is 3. The highest BCUT2D eigenvalue weighted by atomic mass is 19.1. The van der Waals surface area contributed by atoms with Crippen molar-refractivity contribution in [2.45, 2.75) is 12.5 Å². The molecule has 3 rings (SSSR count). The molecular weight excluding hydrogens is 311 g/mol. The molecule has 0 spiro atoms. The van der Waals surface area contributed by atoms with Crippen molar-refractivity contribution in [2.75, 3.05) is 18.4 Å². The average molecular weight is 328 g/mol. The molecule has 1 aromatic carbocycles. The van der Waals surface area contributed by atoms with Gasteiger partial charge in [-0.1, -0.05) is 0 Å². The van der Waals surface area contributed by atoms with E-state index in [1.54, 1.807) is 23.0 Å². The maximum absolute atomic E-state index is 13.0. The molecule has 0 aliphatic carbocycles. The van der Waals surface area contributed by atoms with Crippen LogP contribution in [-0.4, -0.2) is 28.8 Å². The third-order valence-electron chi connectivity index (χ3n) is 4.06. The summed E-state index contributed by atoms with van der Waals surface area (Å²) >= 11 is 0. The van der Waals surface area contributed by atoms with Gasteiger partial charge in [-0.3, -0.25) is 9.48 Å². The van der Waals surface area contributed by atoms with Crippen molar-refractivity contribution in [1.29, 1.82) is 5.26 Å². The zero-order valence-corrected chi connectivity index (χ0v) is 12.9. The molecule has 2 aromatic rings. The highest BCUT2D eigenvalue weighted by molar-refractivity contribution is 5.98. The first-order chi connectivity index (χ1) is 11.6. The van der Waals surface area contributed by atoms with E-state index in [1.807, 2.05) is 0 Å². The highest BCUT2D eigenvalue weighted by Gasteiger charge is 2.28. The van der Waals surface area contributed by atoms with Crippen molar-refractivity contribution in [3.05, 3.63) is 41.8 Å². The van der Waals surface area contributed by atoms with Crippen molar-refractivity contribution >= 4 is 17.4 Å². The minimum atomic E-state index is -0.622. The van der Waals surface area contributed by atoms with Crippen molar-refractivity contribution in [2.24, 2.45) is 11.7 Å². The van der Waals surface area contributed by atoms with Gasteiger partial charge >= 0.3 is 0 Å². The number of aromatic nitrogens is 2. The SMILES string of the molecule is N#C[C@H]1CCNCC1n1cc(C(N)=O)c(Nc2ccc(F)cc2)n1. The average Bonchev–Trinajstić information content (AvgIpc) is 3.01. The molecule has 24 heavy (non-hydrogen) atoms. The summed E-state index contributed by atoms with van der Waals surface area (Å²) < 4.78 is 14.6. The number of anilines is 2. The maximum atomic E-state index is 13.0. The number of amides is 1. The van der Waals surface area contributed by atoms with Crippen LogP contribution in [0.3, 0.4) is 0 Å². The number of nitriles is 1. The Morgan fingerprint density at radius 3 is 2.88 bits per heavy atom. The van der Waals surface area contributed by atoms with E-state index in [0.717, 1.165) is 6.54 Å². The van der Waals surface area contributed by atoms with Crippen LogP contribution >= 0.6 is 0 Å². The summed E-state index contributed by atoms with van der Waals surface area (Å²) in [6.45, 7) is 1.37. The molecule has 7 nitrogen and oxygen atoms in total. The van der Waals surface area contributed by atoms with Crippen LogP contribution < -0.4 is 16.4 Å². The smallest absolute Gasteiger partial charge is 0.254 e. The molecule has 4 N–H and O–H groups in total. The van der Waals surface area contributed by atoms with Gasteiger partial charge in [-0.2, -0.15) is 10.4 Å². The Hall–Kier alpha value is -2.92. The van der Waals surface area contributed by atoms with Gasteiger partial charge in [0.05, 0.1) is 18.0 Å². The Kier molecular flexibility index (Phi) is 4.44. The number of halogens is 1. The van der Waals surface area contributed by atoms with E-state index in [0.29, 0.717) is 18.7 Å². The topological polar surface area (TPSA) is 109 Å². The van der Waals surface area contributed by atoms with Gasteiger partial charge in [0.1, 0.15) is 11.4 Å². The molecule has 8 heteroatoms. The Labute approximate surface area is 138 Å². The second-order valence-corrected chi connectivity index (χ2v) is 5.66. The molecule has 0 saturated carbocycles. The predicted molar refractivity (Wildman–Crippen MR) is 86.1 cm³/mol. The molecule has 1 unspecified atom stereocenters. The van der Waals surface area contributed by atoms with Gasteiger partial charge in [-0.15, -0.1) is 0 Å². The monoisotopic (exact) mass is 328 g/mol. The number of nitrogens with zero attached hydrogens (tertiary/aromatic N) is 3. The number of primary amides is 1. The Balaban J connectivity index is 1.91. The normalized spacial score (nSPS) is 20.3. The maximum Gasteiger partial charge on any atom is 0.254 e. The molecule has 124 valence electrons. The lowest BCUT2D eigenvalue weighted by Gasteiger charge is -2.27. The summed E-state index contributed by atoms with van der Waals surface area (Å²) in [7, 11) is 0. The first-order valence-corrected chi connectivity index (χ1v) is 7.60. The summed E-state index contributed by atoms with van der Waals surface area (Å²) in [6, 6.07) is 7.81. The molecule has 1 amide bonds. The van der Waals surface area contributed by atoms with Gasteiger partial charge < -0.3 is 16.4 Å². The third-order valence-corrected chi connectivity index (χ3v) is 4.06. The zero-order valence-electron chi connectivity index (χ0n) is 12.9. The van der Waals surface area contributed by atoms with Gasteiger partial charge in [0.15, 0.2) is 5.82 Å². The fraction of sp³-hybridized carbons (Fsp3) is 0.312. The van der Waals surface area contributed by atoms with Crippen molar-refractivity contribution in [1.82, 2.24) is 15.1 Å². The minimum absolute atomic E-state index is 0.175. The van der Waals surface area contributed by atoms with Gasteiger partial charge in [-0.05, 0) is 37.2 Å². The van der Waals surface area contributed by atoms with Crippen LogP contribution in [0.15, 0.2) is 30.5 Å². The molecule has 1 fully saturated rings. The second-order valence-electron chi connectivity index (χ2n) is 5.66. The van der Waals surface area contributed by atoms with Crippen LogP contribution in [0.4, 0.5) is 15.9 Å². The van der Waals surface area contributed by atoms with E-state index in [4.69, 9.17) is 5.73 Å². The summed E-state index contributed by atoms with van der Waals surface area (Å²) in [4.78, 5) is 11.7. The zero-order chi connectivity index (χ0) is 17.1. The van der Waals surface area contributed by atoms with Crippen LogP contribution in [0.1, 0.15) is 22.8 Å². The van der Waals surface area contributed by atoms with Crippen LogP contribution in [0.25, 0.3) is 0 Å². The number of nitrogens with one attached hydrogen (secondary N) is 2. The molecule has 2 heterocycles. The third kappa shape index (κ3) is 3.21. The molecule has 0 bridgehead atoms. The highest BCUT2D eigenvalue weighted by Crippen LogP contribution is 2.27. The number of nitrogens with two attached hydrogens (primary N) is 1. The Morgan fingerprint density at radius 2 is 2.21 bits per heavy atom. The number of carbonyl (C=O) groups is 1. The fourth-order valence-electron chi connectivity index (χ4n) is 2.77.